The molecular weight excluding hydrogens is 540 g/mol. The smallest absolute Gasteiger partial charge is 0.344 e. The van der Waals surface area contributed by atoms with Crippen LogP contribution in [0.2, 0.25) is 0 Å². The van der Waals surface area contributed by atoms with Crippen LogP contribution in [-0.2, 0) is 32.1 Å². The first kappa shape index (κ1) is 32.7. The summed E-state index contributed by atoms with van der Waals surface area (Å²) in [5.41, 5.74) is -1.24. The Morgan fingerprint density at radius 3 is 2.32 bits per heavy atom. The van der Waals surface area contributed by atoms with Gasteiger partial charge < -0.3 is 32.4 Å². The van der Waals surface area contributed by atoms with E-state index in [9.17, 15) is 14.2 Å². The summed E-state index contributed by atoms with van der Waals surface area (Å²) in [6.45, 7) is 15.5. The number of methoxy groups -OCH3 is 1. The first-order valence-corrected chi connectivity index (χ1v) is 14.9. The molecular formula is C22H39N5O9P2. The zero-order valence-electron chi connectivity index (χ0n) is 23.1. The maximum absolute atomic E-state index is 12.9. The average Bonchev–Trinajstić information content (AvgIpc) is 3.21. The van der Waals surface area contributed by atoms with Crippen LogP contribution in [0.1, 0.15) is 33.9 Å². The van der Waals surface area contributed by atoms with Crippen molar-refractivity contribution in [3.8, 4) is 0 Å². The van der Waals surface area contributed by atoms with Gasteiger partial charge in [-0.1, -0.05) is 0 Å². The molecule has 3 unspecified atom stereocenters. The fraction of sp³-hybridized carbons (Fsp3) is 0.773. The van der Waals surface area contributed by atoms with E-state index in [0.717, 1.165) is 0 Å². The third-order valence-corrected chi connectivity index (χ3v) is 9.85. The number of nitrogens with one attached hydrogen (secondary N) is 1. The summed E-state index contributed by atoms with van der Waals surface area (Å²) in [5.74, 6) is 0. The number of nitrogens with zero attached hydrogens (tertiary/aromatic N) is 4. The minimum absolute atomic E-state index is 0.0355. The molecule has 38 heavy (non-hydrogen) atoms. The van der Waals surface area contributed by atoms with Gasteiger partial charge in [-0.05, 0) is 34.7 Å². The van der Waals surface area contributed by atoms with Crippen LogP contribution in [0, 0.1) is 6.57 Å². The van der Waals surface area contributed by atoms with Crippen LogP contribution in [0.3, 0.4) is 0 Å². The Kier molecular flexibility index (Phi) is 12.7. The number of likely N-dealkylation sites (N-methyl/N-ethyl adjacent to an activating group) is 1. The fourth-order valence-electron chi connectivity index (χ4n) is 4.13. The van der Waals surface area contributed by atoms with Gasteiger partial charge in [-0.25, -0.2) is 16.0 Å². The van der Waals surface area contributed by atoms with Crippen molar-refractivity contribution in [2.75, 3.05) is 47.8 Å². The van der Waals surface area contributed by atoms with Gasteiger partial charge in [0.15, 0.2) is 6.23 Å². The van der Waals surface area contributed by atoms with E-state index in [1.54, 1.807) is 11.9 Å². The van der Waals surface area contributed by atoms with E-state index in [0.29, 0.717) is 0 Å². The van der Waals surface area contributed by atoms with Crippen LogP contribution in [0.15, 0.2) is 21.9 Å². The largest absolute Gasteiger partial charge is 0.374 e. The second-order valence-electron chi connectivity index (χ2n) is 9.10. The highest BCUT2D eigenvalue weighted by molar-refractivity contribution is 7.53. The fourth-order valence-corrected chi connectivity index (χ4v) is 6.94. The van der Waals surface area contributed by atoms with Crippen molar-refractivity contribution in [3.05, 3.63) is 44.5 Å². The third kappa shape index (κ3) is 8.02. The molecule has 1 aromatic rings. The normalized spacial score (nSPS) is 23.0. The average molecular weight is 580 g/mol. The number of H-pyrrole nitrogens is 1. The standard InChI is InChI=1S/C22H39N5O9P2/c1-15(2)27(16(3)4)37(34-13-11-23-5)36-19-18(31-7)21(26-12-10-17(28)24-22(26)29)35-20(19)25(6)14-38(30,32-8)33-9/h10,12,15-16,18-21H,11,13-14H2,1-4,6-9H3,(H,24,28,29)/t18?,19?,20-,21+,37?/m0/s1. The molecule has 1 aliphatic heterocycles. The topological polar surface area (TPSA) is 138 Å². The zero-order chi connectivity index (χ0) is 28.6. The molecule has 0 amide bonds. The van der Waals surface area contributed by atoms with Crippen LogP contribution in [0.25, 0.3) is 4.85 Å². The lowest BCUT2D eigenvalue weighted by Crippen LogP contribution is -2.45. The molecule has 14 nitrogen and oxygen atoms in total. The van der Waals surface area contributed by atoms with Crippen LogP contribution in [0.4, 0.5) is 0 Å². The van der Waals surface area contributed by atoms with Crippen molar-refractivity contribution in [1.29, 1.82) is 0 Å². The number of aromatic nitrogens is 2. The summed E-state index contributed by atoms with van der Waals surface area (Å²) in [6.07, 6.45) is -2.42. The summed E-state index contributed by atoms with van der Waals surface area (Å²) in [5, 5.41) is 0. The predicted octanol–water partition coefficient (Wildman–Crippen LogP) is 2.45. The van der Waals surface area contributed by atoms with Gasteiger partial charge in [0.05, 0.1) is 0 Å². The summed E-state index contributed by atoms with van der Waals surface area (Å²) < 4.78 is 51.2. The van der Waals surface area contributed by atoms with Crippen molar-refractivity contribution >= 4 is 16.1 Å². The third-order valence-electron chi connectivity index (χ3n) is 5.81. The molecule has 0 spiro atoms. The number of hydrogen-bond acceptors (Lipinski definition) is 11. The van der Waals surface area contributed by atoms with Crippen molar-refractivity contribution in [2.45, 2.75) is 64.4 Å². The minimum Gasteiger partial charge on any atom is -0.374 e. The summed E-state index contributed by atoms with van der Waals surface area (Å²) >= 11 is 0. The minimum atomic E-state index is -3.49. The van der Waals surface area contributed by atoms with Crippen LogP contribution < -0.4 is 11.2 Å². The molecule has 0 radical (unpaired) electrons. The highest BCUT2D eigenvalue weighted by atomic mass is 31.2. The first-order chi connectivity index (χ1) is 17.9. The monoisotopic (exact) mass is 579 g/mol. The lowest BCUT2D eigenvalue weighted by Gasteiger charge is -2.39. The molecule has 1 aromatic heterocycles. The molecule has 5 atom stereocenters. The maximum atomic E-state index is 12.9. The van der Waals surface area contributed by atoms with Crippen LogP contribution in [-0.4, -0.2) is 97.5 Å². The Hall–Kier alpha value is -1.49. The molecule has 2 heterocycles. The molecule has 1 aliphatic rings. The van der Waals surface area contributed by atoms with Crippen molar-refractivity contribution in [1.82, 2.24) is 19.1 Å². The Morgan fingerprint density at radius 2 is 1.82 bits per heavy atom. The quantitative estimate of drug-likeness (QED) is 0.186. The molecule has 216 valence electrons. The molecule has 1 N–H and O–H groups in total. The van der Waals surface area contributed by atoms with Gasteiger partial charge in [0.25, 0.3) is 14.1 Å². The molecule has 1 fully saturated rings. The van der Waals surface area contributed by atoms with Crippen molar-refractivity contribution < 1.29 is 32.1 Å². The highest BCUT2D eigenvalue weighted by Gasteiger charge is 2.52. The van der Waals surface area contributed by atoms with Crippen molar-refractivity contribution in [2.24, 2.45) is 0 Å². The van der Waals surface area contributed by atoms with E-state index in [4.69, 9.17) is 34.1 Å². The molecule has 0 aliphatic carbocycles. The number of rotatable bonds is 15. The Bertz CT molecular complexity index is 1080. The highest BCUT2D eigenvalue weighted by Crippen LogP contribution is 2.52. The van der Waals surface area contributed by atoms with E-state index < -0.39 is 52.0 Å². The van der Waals surface area contributed by atoms with Crippen LogP contribution in [0.5, 0.6) is 0 Å². The lowest BCUT2D eigenvalue weighted by atomic mass is 10.2. The molecule has 0 aromatic carbocycles. The van der Waals surface area contributed by atoms with E-state index in [1.807, 2.05) is 27.7 Å². The van der Waals surface area contributed by atoms with Gasteiger partial charge in [-0.2, -0.15) is 0 Å². The van der Waals surface area contributed by atoms with E-state index in [1.165, 1.54) is 38.2 Å². The Labute approximate surface area is 224 Å². The SMILES string of the molecule is [C-]#[N+]CCOP(OC1C(OC)[C@H](n2ccc(=O)[nH]c2=O)O[C@@H]1N(C)CP(=O)(OC)OC)N(C(C)C)C(C)C. The molecule has 2 rings (SSSR count). The van der Waals surface area contributed by atoms with E-state index in [2.05, 4.69) is 14.5 Å². The number of hydrogen-bond donors (Lipinski definition) is 1. The summed E-state index contributed by atoms with van der Waals surface area (Å²) in [7, 11) is 0.465. The number of ether oxygens (including phenoxy) is 2. The molecule has 0 saturated carbocycles. The van der Waals surface area contributed by atoms with Gasteiger partial charge in [0, 0.05) is 45.7 Å². The maximum Gasteiger partial charge on any atom is 0.344 e. The van der Waals surface area contributed by atoms with Gasteiger partial charge in [-0.15, -0.1) is 0 Å². The molecule has 16 heteroatoms. The second-order valence-corrected chi connectivity index (χ2v) is 12.7. The summed E-state index contributed by atoms with van der Waals surface area (Å²) in [6, 6.07) is 1.27. The van der Waals surface area contributed by atoms with Crippen LogP contribution >= 0.6 is 16.1 Å². The molecule has 0 bridgehead atoms. The molecule has 1 saturated heterocycles. The number of aromatic amines is 1. The van der Waals surface area contributed by atoms with Gasteiger partial charge in [0.2, 0.25) is 6.54 Å². The zero-order valence-corrected chi connectivity index (χ0v) is 24.9. The van der Waals surface area contributed by atoms with Gasteiger partial charge in [0.1, 0.15) is 31.3 Å². The second kappa shape index (κ2) is 14.8. The van der Waals surface area contributed by atoms with Gasteiger partial charge in [-0.3, -0.25) is 23.8 Å². The van der Waals surface area contributed by atoms with E-state index in [-0.39, 0.29) is 31.5 Å². The predicted molar refractivity (Wildman–Crippen MR) is 142 cm³/mol. The first-order valence-electron chi connectivity index (χ1n) is 12.0. The van der Waals surface area contributed by atoms with E-state index >= 15 is 0 Å². The lowest BCUT2D eigenvalue weighted by molar-refractivity contribution is -0.0952. The summed E-state index contributed by atoms with van der Waals surface area (Å²) in [4.78, 5) is 31.5. The van der Waals surface area contributed by atoms with Gasteiger partial charge >= 0.3 is 13.3 Å². The Balaban J connectivity index is 2.55. The van der Waals surface area contributed by atoms with Crippen molar-refractivity contribution in [3.63, 3.8) is 0 Å². The Morgan fingerprint density at radius 1 is 1.18 bits per heavy atom.